The molecule has 3 aromatic rings. The zero-order valence-corrected chi connectivity index (χ0v) is 16.4. The van der Waals surface area contributed by atoms with Crippen LogP contribution in [0.25, 0.3) is 0 Å². The largest absolute Gasteiger partial charge is 0.454 e. The van der Waals surface area contributed by atoms with Gasteiger partial charge >= 0.3 is 5.97 Å². The number of ether oxygens (including phenoxy) is 3. The Balaban J connectivity index is 1.32. The molecule has 1 aliphatic heterocycles. The van der Waals surface area contributed by atoms with Crippen LogP contribution in [0.2, 0.25) is 0 Å². The summed E-state index contributed by atoms with van der Waals surface area (Å²) in [4.78, 5) is 34.4. The second kappa shape index (κ2) is 8.96. The van der Waals surface area contributed by atoms with Crippen molar-refractivity contribution in [1.29, 1.82) is 0 Å². The maximum atomic E-state index is 12.3. The van der Waals surface area contributed by atoms with E-state index in [-0.39, 0.29) is 18.0 Å². The number of esters is 1. The lowest BCUT2D eigenvalue weighted by atomic mass is 10.2. The van der Waals surface area contributed by atoms with Crippen LogP contribution in [0.3, 0.4) is 0 Å². The molecule has 160 valence electrons. The normalized spacial score (nSPS) is 11.9. The topological polar surface area (TPSA) is 129 Å². The van der Waals surface area contributed by atoms with Crippen LogP contribution in [0, 0.1) is 10.1 Å². The van der Waals surface area contributed by atoms with E-state index < -0.39 is 16.8 Å². The molecule has 10 nitrogen and oxygen atoms in total. The summed E-state index contributed by atoms with van der Waals surface area (Å²) in [5.74, 6) is 0.345. The Kier molecular flexibility index (Phi) is 5.75. The van der Waals surface area contributed by atoms with E-state index in [1.54, 1.807) is 42.5 Å². The van der Waals surface area contributed by atoms with Crippen LogP contribution in [-0.2, 0) is 0 Å². The molecule has 3 aromatic carbocycles. The van der Waals surface area contributed by atoms with E-state index in [1.807, 2.05) is 0 Å². The summed E-state index contributed by atoms with van der Waals surface area (Å²) in [6, 6.07) is 16.4. The molecule has 1 heterocycles. The van der Waals surface area contributed by atoms with E-state index in [2.05, 4.69) is 10.5 Å². The Morgan fingerprint density at radius 3 is 2.38 bits per heavy atom. The van der Waals surface area contributed by atoms with Gasteiger partial charge in [-0.25, -0.2) is 10.2 Å². The number of fused-ring (bicyclic) bond motifs is 1. The lowest BCUT2D eigenvalue weighted by Crippen LogP contribution is -2.17. The number of carbonyl (C=O) groups excluding carboxylic acids is 2. The summed E-state index contributed by atoms with van der Waals surface area (Å²) in [6.07, 6.45) is 1.41. The second-order valence-electron chi connectivity index (χ2n) is 6.53. The summed E-state index contributed by atoms with van der Waals surface area (Å²) in [5, 5.41) is 14.5. The maximum absolute atomic E-state index is 12.3. The summed E-state index contributed by atoms with van der Waals surface area (Å²) >= 11 is 0. The molecule has 0 aromatic heterocycles. The molecule has 0 atom stereocenters. The summed E-state index contributed by atoms with van der Waals surface area (Å²) in [6.45, 7) is 0.116. The minimum Gasteiger partial charge on any atom is -0.454 e. The smallest absolute Gasteiger partial charge is 0.343 e. The highest BCUT2D eigenvalue weighted by Crippen LogP contribution is 2.32. The van der Waals surface area contributed by atoms with Crippen molar-refractivity contribution in [1.82, 2.24) is 5.43 Å². The summed E-state index contributed by atoms with van der Waals surface area (Å²) in [7, 11) is 0. The van der Waals surface area contributed by atoms with Gasteiger partial charge in [0.25, 0.3) is 11.6 Å². The molecule has 0 aliphatic carbocycles. The minimum atomic E-state index is -0.546. The molecule has 0 fully saturated rings. The Morgan fingerprint density at radius 2 is 1.66 bits per heavy atom. The molecule has 1 amide bonds. The first-order chi connectivity index (χ1) is 15.5. The molecule has 0 spiro atoms. The fourth-order valence-electron chi connectivity index (χ4n) is 2.78. The van der Waals surface area contributed by atoms with Gasteiger partial charge in [0, 0.05) is 17.7 Å². The number of benzene rings is 3. The lowest BCUT2D eigenvalue weighted by Gasteiger charge is -2.05. The number of nitrogens with zero attached hydrogens (tertiary/aromatic N) is 2. The van der Waals surface area contributed by atoms with Crippen LogP contribution in [-0.4, -0.2) is 29.8 Å². The third-order valence-corrected chi connectivity index (χ3v) is 4.42. The molecule has 32 heavy (non-hydrogen) atoms. The van der Waals surface area contributed by atoms with Crippen molar-refractivity contribution >= 4 is 23.8 Å². The highest BCUT2D eigenvalue weighted by Gasteiger charge is 2.17. The van der Waals surface area contributed by atoms with E-state index in [4.69, 9.17) is 14.2 Å². The van der Waals surface area contributed by atoms with Gasteiger partial charge in [-0.05, 0) is 60.2 Å². The number of hydrazone groups is 1. The van der Waals surface area contributed by atoms with Gasteiger partial charge < -0.3 is 14.2 Å². The van der Waals surface area contributed by atoms with Crippen molar-refractivity contribution in [2.24, 2.45) is 5.10 Å². The van der Waals surface area contributed by atoms with Crippen molar-refractivity contribution < 1.29 is 28.7 Å². The summed E-state index contributed by atoms with van der Waals surface area (Å²) < 4.78 is 15.8. The molecule has 0 bridgehead atoms. The van der Waals surface area contributed by atoms with Crippen LogP contribution in [0.15, 0.2) is 71.8 Å². The SMILES string of the molecule is O=C(N/N=C\c1ccc(OC(=O)c2ccc3c(c2)OCO3)cc1)c1ccc([N+](=O)[O-])cc1. The minimum absolute atomic E-state index is 0.107. The maximum Gasteiger partial charge on any atom is 0.343 e. The van der Waals surface area contributed by atoms with Crippen molar-refractivity contribution in [3.05, 3.63) is 93.5 Å². The highest BCUT2D eigenvalue weighted by molar-refractivity contribution is 5.95. The van der Waals surface area contributed by atoms with Gasteiger partial charge in [0.05, 0.1) is 16.7 Å². The van der Waals surface area contributed by atoms with E-state index >= 15 is 0 Å². The second-order valence-corrected chi connectivity index (χ2v) is 6.53. The molecule has 1 N–H and O–H groups in total. The van der Waals surface area contributed by atoms with Crippen molar-refractivity contribution in [3.8, 4) is 17.2 Å². The average molecular weight is 433 g/mol. The molecule has 0 radical (unpaired) electrons. The molecule has 0 saturated heterocycles. The van der Waals surface area contributed by atoms with Gasteiger partial charge in [-0.3, -0.25) is 14.9 Å². The molecule has 4 rings (SSSR count). The predicted octanol–water partition coefficient (Wildman–Crippen LogP) is 3.31. The number of amides is 1. The van der Waals surface area contributed by atoms with Gasteiger partial charge in [0.15, 0.2) is 11.5 Å². The highest BCUT2D eigenvalue weighted by atomic mass is 16.7. The van der Waals surface area contributed by atoms with Crippen molar-refractivity contribution in [2.45, 2.75) is 0 Å². The third-order valence-electron chi connectivity index (χ3n) is 4.42. The van der Waals surface area contributed by atoms with Gasteiger partial charge in [0.1, 0.15) is 5.75 Å². The third kappa shape index (κ3) is 4.70. The number of nitrogens with one attached hydrogen (secondary N) is 1. The molecular weight excluding hydrogens is 418 g/mol. The lowest BCUT2D eigenvalue weighted by molar-refractivity contribution is -0.384. The van der Waals surface area contributed by atoms with Crippen LogP contribution in [0.4, 0.5) is 5.69 Å². The Morgan fingerprint density at radius 1 is 0.969 bits per heavy atom. The number of nitro benzene ring substituents is 1. The van der Waals surface area contributed by atoms with Crippen LogP contribution < -0.4 is 19.6 Å². The zero-order chi connectivity index (χ0) is 22.5. The predicted molar refractivity (Wildman–Crippen MR) is 112 cm³/mol. The Hall–Kier alpha value is -4.73. The fraction of sp³-hybridized carbons (Fsp3) is 0.0455. The number of non-ortho nitro benzene ring substituents is 1. The Bertz CT molecular complexity index is 1210. The van der Waals surface area contributed by atoms with Gasteiger partial charge in [-0.1, -0.05) is 0 Å². The number of hydrogen-bond donors (Lipinski definition) is 1. The zero-order valence-electron chi connectivity index (χ0n) is 16.4. The van der Waals surface area contributed by atoms with Crippen LogP contribution in [0.5, 0.6) is 17.2 Å². The summed E-state index contributed by atoms with van der Waals surface area (Å²) in [5.41, 5.74) is 3.44. The molecule has 10 heteroatoms. The van der Waals surface area contributed by atoms with Gasteiger partial charge in [-0.15, -0.1) is 0 Å². The van der Waals surface area contributed by atoms with Crippen LogP contribution in [0.1, 0.15) is 26.3 Å². The molecule has 1 aliphatic rings. The first-order valence-electron chi connectivity index (χ1n) is 9.29. The fourth-order valence-corrected chi connectivity index (χ4v) is 2.78. The number of rotatable bonds is 6. The number of carbonyl (C=O) groups is 2. The van der Waals surface area contributed by atoms with Crippen molar-refractivity contribution in [2.75, 3.05) is 6.79 Å². The van der Waals surface area contributed by atoms with E-state index in [9.17, 15) is 19.7 Å². The average Bonchev–Trinajstić information content (AvgIpc) is 3.28. The van der Waals surface area contributed by atoms with E-state index in [0.29, 0.717) is 28.4 Å². The number of hydrogen-bond acceptors (Lipinski definition) is 8. The first kappa shape index (κ1) is 20.5. The van der Waals surface area contributed by atoms with Gasteiger partial charge in [-0.2, -0.15) is 5.10 Å². The Labute approximate surface area is 181 Å². The number of nitro groups is 1. The monoisotopic (exact) mass is 433 g/mol. The first-order valence-corrected chi connectivity index (χ1v) is 9.29. The molecule has 0 unspecified atom stereocenters. The van der Waals surface area contributed by atoms with Gasteiger partial charge in [0.2, 0.25) is 6.79 Å². The van der Waals surface area contributed by atoms with E-state index in [1.165, 1.54) is 30.5 Å². The van der Waals surface area contributed by atoms with Crippen LogP contribution >= 0.6 is 0 Å². The molecule has 0 saturated carbocycles. The standard InChI is InChI=1S/C22H15N3O7/c26-21(15-3-6-17(7-4-15)25(28)29)24-23-12-14-1-8-18(9-2-14)32-22(27)16-5-10-19-20(11-16)31-13-30-19/h1-12H,13H2,(H,24,26)/b23-12-. The molecular formula is C22H15N3O7. The van der Waals surface area contributed by atoms with E-state index in [0.717, 1.165) is 0 Å². The quantitative estimate of drug-likeness (QED) is 0.208. The van der Waals surface area contributed by atoms with Crippen molar-refractivity contribution in [3.63, 3.8) is 0 Å².